The summed E-state index contributed by atoms with van der Waals surface area (Å²) in [5, 5.41) is 0. The van der Waals surface area contributed by atoms with E-state index in [1.54, 1.807) is 0 Å². The molecule has 0 nitrogen and oxygen atoms in total. The van der Waals surface area contributed by atoms with Crippen LogP contribution in [0.3, 0.4) is 0 Å². The van der Waals surface area contributed by atoms with Gasteiger partial charge in [-0.2, -0.15) is 0 Å². The molecule has 0 heterocycles. The van der Waals surface area contributed by atoms with Crippen molar-refractivity contribution in [3.05, 3.63) is 11.6 Å². The summed E-state index contributed by atoms with van der Waals surface area (Å²) in [6.45, 7) is 4.25. The third-order valence-corrected chi connectivity index (χ3v) is 1.52. The van der Waals surface area contributed by atoms with Crippen LogP contribution in [0.4, 0.5) is 0 Å². The molecule has 0 spiro atoms. The zero-order valence-corrected chi connectivity index (χ0v) is 7.03. The molecule has 0 fully saturated rings. The van der Waals surface area contributed by atoms with Crippen LogP contribution in [0, 0.1) is 0 Å². The molecular formula is C6H11I. The predicted molar refractivity (Wildman–Crippen MR) is 42.9 cm³/mol. The summed E-state index contributed by atoms with van der Waals surface area (Å²) in [6.07, 6.45) is 3.41. The van der Waals surface area contributed by atoms with Crippen molar-refractivity contribution in [3.8, 4) is 0 Å². The van der Waals surface area contributed by atoms with E-state index in [4.69, 9.17) is 0 Å². The second-order valence-corrected chi connectivity index (χ2v) is 2.65. The first kappa shape index (κ1) is 7.47. The SMILES string of the molecule is C/C=C(/C)CCI. The Morgan fingerprint density at radius 1 is 1.71 bits per heavy atom. The second kappa shape index (κ2) is 4.62. The fourth-order valence-electron chi connectivity index (χ4n) is 0.293. The molecule has 0 rings (SSSR count). The van der Waals surface area contributed by atoms with Crippen LogP contribution in [0.1, 0.15) is 20.3 Å². The van der Waals surface area contributed by atoms with E-state index in [0.29, 0.717) is 0 Å². The van der Waals surface area contributed by atoms with Gasteiger partial charge in [0.2, 0.25) is 0 Å². The van der Waals surface area contributed by atoms with Crippen molar-refractivity contribution in [2.24, 2.45) is 0 Å². The van der Waals surface area contributed by atoms with E-state index in [2.05, 4.69) is 42.5 Å². The Kier molecular flexibility index (Phi) is 4.94. The summed E-state index contributed by atoms with van der Waals surface area (Å²) < 4.78 is 1.24. The van der Waals surface area contributed by atoms with E-state index < -0.39 is 0 Å². The highest BCUT2D eigenvalue weighted by Crippen LogP contribution is 2.00. The Labute approximate surface area is 59.1 Å². The van der Waals surface area contributed by atoms with Crippen LogP contribution in [-0.2, 0) is 0 Å². The summed E-state index contributed by atoms with van der Waals surface area (Å²) in [6, 6.07) is 0. The highest BCUT2D eigenvalue weighted by molar-refractivity contribution is 14.1. The Morgan fingerprint density at radius 3 is 2.43 bits per heavy atom. The van der Waals surface area contributed by atoms with Gasteiger partial charge in [-0.05, 0) is 20.3 Å². The number of allylic oxidation sites excluding steroid dienone is 2. The van der Waals surface area contributed by atoms with E-state index >= 15 is 0 Å². The van der Waals surface area contributed by atoms with Gasteiger partial charge in [0.25, 0.3) is 0 Å². The van der Waals surface area contributed by atoms with Crippen LogP contribution in [0.25, 0.3) is 0 Å². The van der Waals surface area contributed by atoms with E-state index in [-0.39, 0.29) is 0 Å². The minimum Gasteiger partial charge on any atom is -0.0887 e. The van der Waals surface area contributed by atoms with E-state index in [1.807, 2.05) is 0 Å². The van der Waals surface area contributed by atoms with Crippen molar-refractivity contribution in [1.29, 1.82) is 0 Å². The smallest absolute Gasteiger partial charge is 0.00324 e. The van der Waals surface area contributed by atoms with Gasteiger partial charge in [0.1, 0.15) is 0 Å². The van der Waals surface area contributed by atoms with Crippen molar-refractivity contribution in [3.63, 3.8) is 0 Å². The molecule has 0 N–H and O–H groups in total. The maximum absolute atomic E-state index is 2.39. The van der Waals surface area contributed by atoms with Gasteiger partial charge in [-0.3, -0.25) is 0 Å². The zero-order valence-electron chi connectivity index (χ0n) is 4.87. The largest absolute Gasteiger partial charge is 0.0887 e. The lowest BCUT2D eigenvalue weighted by molar-refractivity contribution is 1.13. The summed E-state index contributed by atoms with van der Waals surface area (Å²) >= 11 is 2.39. The van der Waals surface area contributed by atoms with Gasteiger partial charge in [-0.25, -0.2) is 0 Å². The third kappa shape index (κ3) is 4.32. The lowest BCUT2D eigenvalue weighted by Gasteiger charge is -1.90. The minimum atomic E-state index is 1.24. The van der Waals surface area contributed by atoms with Gasteiger partial charge in [-0.1, -0.05) is 34.2 Å². The summed E-state index contributed by atoms with van der Waals surface area (Å²) in [4.78, 5) is 0. The summed E-state index contributed by atoms with van der Waals surface area (Å²) in [7, 11) is 0. The maximum atomic E-state index is 2.39. The van der Waals surface area contributed by atoms with Crippen molar-refractivity contribution in [2.75, 3.05) is 4.43 Å². The van der Waals surface area contributed by atoms with E-state index in [0.717, 1.165) is 0 Å². The number of halogens is 1. The molecule has 0 aliphatic carbocycles. The molecule has 0 unspecified atom stereocenters. The Balaban J connectivity index is 3.17. The second-order valence-electron chi connectivity index (χ2n) is 1.57. The number of hydrogen-bond donors (Lipinski definition) is 0. The molecule has 0 saturated heterocycles. The average molecular weight is 210 g/mol. The molecule has 1 heteroatoms. The quantitative estimate of drug-likeness (QED) is 0.373. The molecule has 0 radical (unpaired) electrons. The molecule has 0 saturated carbocycles. The first-order valence-corrected chi connectivity index (χ1v) is 4.01. The molecule has 0 atom stereocenters. The van der Waals surface area contributed by atoms with E-state index in [9.17, 15) is 0 Å². The Morgan fingerprint density at radius 2 is 2.29 bits per heavy atom. The Hall–Kier alpha value is 0.470. The standard InChI is InChI=1S/C6H11I/c1-3-6(2)4-5-7/h3H,4-5H2,1-2H3/b6-3-. The number of hydrogen-bond acceptors (Lipinski definition) is 0. The maximum Gasteiger partial charge on any atom is 0.00324 e. The molecule has 0 aliphatic rings. The van der Waals surface area contributed by atoms with Crippen LogP contribution in [0.2, 0.25) is 0 Å². The monoisotopic (exact) mass is 210 g/mol. The molecule has 42 valence electrons. The molecule has 0 aromatic heterocycles. The van der Waals surface area contributed by atoms with E-state index in [1.165, 1.54) is 16.4 Å². The highest BCUT2D eigenvalue weighted by atomic mass is 127. The topological polar surface area (TPSA) is 0 Å². The predicted octanol–water partition coefficient (Wildman–Crippen LogP) is 2.78. The lowest BCUT2D eigenvalue weighted by Crippen LogP contribution is -1.73. The van der Waals surface area contributed by atoms with Gasteiger partial charge in [0.15, 0.2) is 0 Å². The molecular weight excluding hydrogens is 199 g/mol. The minimum absolute atomic E-state index is 1.24. The van der Waals surface area contributed by atoms with Crippen molar-refractivity contribution in [1.82, 2.24) is 0 Å². The number of alkyl halides is 1. The number of rotatable bonds is 2. The van der Waals surface area contributed by atoms with Crippen LogP contribution in [0.5, 0.6) is 0 Å². The molecule has 0 bridgehead atoms. The molecule has 0 aromatic rings. The van der Waals surface area contributed by atoms with Gasteiger partial charge in [-0.15, -0.1) is 0 Å². The van der Waals surface area contributed by atoms with Crippen molar-refractivity contribution < 1.29 is 0 Å². The van der Waals surface area contributed by atoms with Crippen LogP contribution >= 0.6 is 22.6 Å². The fraction of sp³-hybridized carbons (Fsp3) is 0.667. The first-order valence-electron chi connectivity index (χ1n) is 2.49. The van der Waals surface area contributed by atoms with Crippen molar-refractivity contribution in [2.45, 2.75) is 20.3 Å². The average Bonchev–Trinajstić information content (AvgIpc) is 1.68. The van der Waals surface area contributed by atoms with Gasteiger partial charge >= 0.3 is 0 Å². The zero-order chi connectivity index (χ0) is 5.70. The Bertz CT molecular complexity index is 64.6. The summed E-state index contributed by atoms with van der Waals surface area (Å²) in [5.41, 5.74) is 1.49. The van der Waals surface area contributed by atoms with Crippen LogP contribution < -0.4 is 0 Å². The first-order chi connectivity index (χ1) is 3.31. The highest BCUT2D eigenvalue weighted by Gasteiger charge is 1.80. The van der Waals surface area contributed by atoms with Gasteiger partial charge in [0, 0.05) is 4.43 Å². The normalized spacial score (nSPS) is 12.1. The molecule has 7 heavy (non-hydrogen) atoms. The lowest BCUT2D eigenvalue weighted by atomic mass is 10.2. The third-order valence-electron chi connectivity index (χ3n) is 0.982. The molecule has 0 amide bonds. The fourth-order valence-corrected chi connectivity index (χ4v) is 1.14. The van der Waals surface area contributed by atoms with Gasteiger partial charge < -0.3 is 0 Å². The van der Waals surface area contributed by atoms with Crippen molar-refractivity contribution >= 4 is 22.6 Å². The molecule has 0 aliphatic heterocycles. The summed E-state index contributed by atoms with van der Waals surface area (Å²) in [5.74, 6) is 0. The molecule has 0 aromatic carbocycles. The van der Waals surface area contributed by atoms with Crippen LogP contribution in [0.15, 0.2) is 11.6 Å². The van der Waals surface area contributed by atoms with Crippen LogP contribution in [-0.4, -0.2) is 4.43 Å². The van der Waals surface area contributed by atoms with Gasteiger partial charge in [0.05, 0.1) is 0 Å².